The lowest BCUT2D eigenvalue weighted by molar-refractivity contribution is -0.115. The van der Waals surface area contributed by atoms with Crippen LogP contribution in [0.15, 0.2) is 12.2 Å². The molecule has 0 rings (SSSR count). The fourth-order valence-electron chi connectivity index (χ4n) is 0.663. The number of ketones is 1. The highest BCUT2D eigenvalue weighted by atomic mass is 32.2. The van der Waals surface area contributed by atoms with Crippen molar-refractivity contribution in [3.05, 3.63) is 12.2 Å². The summed E-state index contributed by atoms with van der Waals surface area (Å²) in [5, 5.41) is -0.0696. The van der Waals surface area contributed by atoms with Crippen LogP contribution in [0.1, 0.15) is 26.2 Å². The van der Waals surface area contributed by atoms with Crippen LogP contribution in [0.4, 0.5) is 0 Å². The molecule has 0 saturated heterocycles. The van der Waals surface area contributed by atoms with E-state index >= 15 is 0 Å². The van der Waals surface area contributed by atoms with Crippen LogP contribution in [0, 0.1) is 0 Å². The first-order chi connectivity index (χ1) is 5.70. The highest BCUT2D eigenvalue weighted by Gasteiger charge is 1.96. The van der Waals surface area contributed by atoms with E-state index in [0.717, 1.165) is 24.6 Å². The highest BCUT2D eigenvalue weighted by molar-refractivity contribution is 8.13. The first kappa shape index (κ1) is 11.4. The standard InChI is InChI=1S/C9H14O2S/c1-3-4-5-8(10)6-7-9(11)12-2/h6-7H,3-5H2,1-2H3/b7-6-. The van der Waals surface area contributed by atoms with Gasteiger partial charge in [0.15, 0.2) is 5.78 Å². The molecule has 0 bridgehead atoms. The Morgan fingerprint density at radius 1 is 1.33 bits per heavy atom. The third-order valence-electron chi connectivity index (χ3n) is 1.38. The number of rotatable bonds is 5. The van der Waals surface area contributed by atoms with Gasteiger partial charge in [-0.25, -0.2) is 0 Å². The molecule has 0 spiro atoms. The SMILES string of the molecule is CCCCC(=O)/C=C\C(=O)SC. The molecule has 0 aliphatic rings. The summed E-state index contributed by atoms with van der Waals surface area (Å²) < 4.78 is 0. The second-order valence-electron chi connectivity index (χ2n) is 2.43. The molecule has 0 saturated carbocycles. The molecule has 3 heteroatoms. The molecule has 0 aliphatic heterocycles. The second-order valence-corrected chi connectivity index (χ2v) is 3.24. The largest absolute Gasteiger partial charge is 0.295 e. The summed E-state index contributed by atoms with van der Waals surface area (Å²) >= 11 is 1.11. The summed E-state index contributed by atoms with van der Waals surface area (Å²) in [6.07, 6.45) is 6.86. The molecule has 2 nitrogen and oxygen atoms in total. The first-order valence-electron chi connectivity index (χ1n) is 3.99. The summed E-state index contributed by atoms with van der Waals surface area (Å²) in [7, 11) is 0. The Labute approximate surface area is 77.4 Å². The molecule has 0 aliphatic carbocycles. The smallest absolute Gasteiger partial charge is 0.212 e. The van der Waals surface area contributed by atoms with Gasteiger partial charge in [0, 0.05) is 6.42 Å². The highest BCUT2D eigenvalue weighted by Crippen LogP contribution is 1.99. The van der Waals surface area contributed by atoms with Crippen molar-refractivity contribution in [2.24, 2.45) is 0 Å². The fraction of sp³-hybridized carbons (Fsp3) is 0.556. The summed E-state index contributed by atoms with van der Waals surface area (Å²) in [5.41, 5.74) is 0. The van der Waals surface area contributed by atoms with E-state index < -0.39 is 0 Å². The number of allylic oxidation sites excluding steroid dienone is 1. The van der Waals surface area contributed by atoms with E-state index in [4.69, 9.17) is 0 Å². The average molecular weight is 186 g/mol. The van der Waals surface area contributed by atoms with Gasteiger partial charge in [0.25, 0.3) is 0 Å². The van der Waals surface area contributed by atoms with Crippen molar-refractivity contribution in [3.63, 3.8) is 0 Å². The van der Waals surface area contributed by atoms with Crippen LogP contribution in [-0.2, 0) is 9.59 Å². The third-order valence-corrected chi connectivity index (χ3v) is 1.92. The molecule has 0 unspecified atom stereocenters. The zero-order valence-corrected chi connectivity index (χ0v) is 8.32. The van der Waals surface area contributed by atoms with E-state index in [1.165, 1.54) is 12.2 Å². The zero-order chi connectivity index (χ0) is 9.40. The molecule has 0 heterocycles. The van der Waals surface area contributed by atoms with Crippen LogP contribution >= 0.6 is 11.8 Å². The Bertz CT molecular complexity index is 185. The predicted octanol–water partition coefficient (Wildman–Crippen LogP) is 2.19. The lowest BCUT2D eigenvalue weighted by Gasteiger charge is -1.90. The van der Waals surface area contributed by atoms with Gasteiger partial charge in [0.1, 0.15) is 0 Å². The molecular formula is C9H14O2S. The monoisotopic (exact) mass is 186 g/mol. The molecule has 0 radical (unpaired) electrons. The van der Waals surface area contributed by atoms with E-state index in [9.17, 15) is 9.59 Å². The van der Waals surface area contributed by atoms with Crippen molar-refractivity contribution in [1.29, 1.82) is 0 Å². The quantitative estimate of drug-likeness (QED) is 0.617. The summed E-state index contributed by atoms with van der Waals surface area (Å²) in [5.74, 6) is 0.0410. The minimum absolute atomic E-state index is 0.0410. The van der Waals surface area contributed by atoms with E-state index in [0.29, 0.717) is 6.42 Å². The van der Waals surface area contributed by atoms with E-state index in [1.54, 1.807) is 6.26 Å². The van der Waals surface area contributed by atoms with Crippen molar-refractivity contribution < 1.29 is 9.59 Å². The van der Waals surface area contributed by atoms with Gasteiger partial charge in [-0.2, -0.15) is 0 Å². The Balaban J connectivity index is 3.67. The first-order valence-corrected chi connectivity index (χ1v) is 5.22. The molecule has 12 heavy (non-hydrogen) atoms. The molecule has 0 aromatic heterocycles. The Hall–Kier alpha value is -0.570. The second kappa shape index (κ2) is 7.10. The van der Waals surface area contributed by atoms with Gasteiger partial charge in [-0.05, 0) is 24.8 Å². The Kier molecular flexibility index (Phi) is 6.76. The van der Waals surface area contributed by atoms with E-state index in [2.05, 4.69) is 0 Å². The number of carbonyl (C=O) groups is 2. The molecule has 0 aromatic carbocycles. The molecular weight excluding hydrogens is 172 g/mol. The normalized spacial score (nSPS) is 10.5. The van der Waals surface area contributed by atoms with Crippen LogP contribution in [0.5, 0.6) is 0 Å². The molecule has 68 valence electrons. The van der Waals surface area contributed by atoms with Gasteiger partial charge in [0.2, 0.25) is 5.12 Å². The molecule has 0 amide bonds. The van der Waals surface area contributed by atoms with Crippen molar-refractivity contribution in [3.8, 4) is 0 Å². The van der Waals surface area contributed by atoms with Gasteiger partial charge < -0.3 is 0 Å². The van der Waals surface area contributed by atoms with Crippen LogP contribution in [0.3, 0.4) is 0 Å². The van der Waals surface area contributed by atoms with Gasteiger partial charge >= 0.3 is 0 Å². The summed E-state index contributed by atoms with van der Waals surface area (Å²) in [4.78, 5) is 21.7. The van der Waals surface area contributed by atoms with Crippen molar-refractivity contribution in [1.82, 2.24) is 0 Å². The topological polar surface area (TPSA) is 34.1 Å². The maximum Gasteiger partial charge on any atom is 0.212 e. The van der Waals surface area contributed by atoms with E-state index in [1.807, 2.05) is 6.92 Å². The van der Waals surface area contributed by atoms with Crippen LogP contribution in [0.2, 0.25) is 0 Å². The van der Waals surface area contributed by atoms with Crippen LogP contribution < -0.4 is 0 Å². The van der Waals surface area contributed by atoms with E-state index in [-0.39, 0.29) is 10.9 Å². The lowest BCUT2D eigenvalue weighted by Crippen LogP contribution is -1.93. The minimum atomic E-state index is -0.0696. The predicted molar refractivity (Wildman–Crippen MR) is 52.2 cm³/mol. The number of unbranched alkanes of at least 4 members (excludes halogenated alkanes) is 1. The van der Waals surface area contributed by atoms with Gasteiger partial charge in [-0.1, -0.05) is 25.1 Å². The number of hydrogen-bond donors (Lipinski definition) is 0. The minimum Gasteiger partial charge on any atom is -0.295 e. The van der Waals surface area contributed by atoms with Crippen molar-refractivity contribution in [2.45, 2.75) is 26.2 Å². The Morgan fingerprint density at radius 3 is 2.50 bits per heavy atom. The fourth-order valence-corrected chi connectivity index (χ4v) is 0.867. The lowest BCUT2D eigenvalue weighted by atomic mass is 10.2. The number of carbonyl (C=O) groups excluding carboxylic acids is 2. The summed E-state index contributed by atoms with van der Waals surface area (Å²) in [6.45, 7) is 2.03. The number of hydrogen-bond acceptors (Lipinski definition) is 3. The maximum absolute atomic E-state index is 11.0. The molecule has 0 N–H and O–H groups in total. The molecule has 0 fully saturated rings. The van der Waals surface area contributed by atoms with Crippen molar-refractivity contribution in [2.75, 3.05) is 6.26 Å². The van der Waals surface area contributed by atoms with Gasteiger partial charge in [-0.3, -0.25) is 9.59 Å². The van der Waals surface area contributed by atoms with Crippen molar-refractivity contribution >= 4 is 22.7 Å². The molecule has 0 aromatic rings. The average Bonchev–Trinajstić information content (AvgIpc) is 2.10. The van der Waals surface area contributed by atoms with Gasteiger partial charge in [0.05, 0.1) is 0 Å². The third kappa shape index (κ3) is 6.16. The molecule has 0 atom stereocenters. The Morgan fingerprint density at radius 2 is 2.00 bits per heavy atom. The van der Waals surface area contributed by atoms with Crippen LogP contribution in [0.25, 0.3) is 0 Å². The zero-order valence-electron chi connectivity index (χ0n) is 7.50. The van der Waals surface area contributed by atoms with Crippen LogP contribution in [-0.4, -0.2) is 17.2 Å². The van der Waals surface area contributed by atoms with Gasteiger partial charge in [-0.15, -0.1) is 0 Å². The summed E-state index contributed by atoms with van der Waals surface area (Å²) in [6, 6.07) is 0. The number of thioether (sulfide) groups is 1. The maximum atomic E-state index is 11.0.